The number of fused-ring (bicyclic) bond motifs is 2. The lowest BCUT2D eigenvalue weighted by molar-refractivity contribution is 0.0225. The summed E-state index contributed by atoms with van der Waals surface area (Å²) >= 11 is 0. The van der Waals surface area contributed by atoms with E-state index < -0.39 is 29.2 Å². The Labute approximate surface area is 386 Å². The van der Waals surface area contributed by atoms with Crippen LogP contribution in [0, 0.1) is 13.8 Å². The lowest BCUT2D eigenvalue weighted by Gasteiger charge is -2.27. The first kappa shape index (κ1) is 47.3. The van der Waals surface area contributed by atoms with Crippen molar-refractivity contribution >= 4 is 63.7 Å². The Morgan fingerprint density at radius 1 is 0.761 bits per heavy atom. The van der Waals surface area contributed by atoms with Crippen molar-refractivity contribution in [1.82, 2.24) is 43.6 Å². The van der Waals surface area contributed by atoms with Gasteiger partial charge in [-0.15, -0.1) is 0 Å². The summed E-state index contributed by atoms with van der Waals surface area (Å²) in [7, 11) is 1.45. The molecule has 0 unspecified atom stereocenters. The van der Waals surface area contributed by atoms with Gasteiger partial charge in [0.2, 0.25) is 23.7 Å². The van der Waals surface area contributed by atoms with Gasteiger partial charge in [0.25, 0.3) is 11.8 Å². The van der Waals surface area contributed by atoms with Crippen molar-refractivity contribution in [2.75, 3.05) is 30.9 Å². The van der Waals surface area contributed by atoms with Gasteiger partial charge in [-0.2, -0.15) is 10.2 Å². The molecule has 0 radical (unpaired) electrons. The Morgan fingerprint density at radius 2 is 1.24 bits per heavy atom. The summed E-state index contributed by atoms with van der Waals surface area (Å²) in [6, 6.07) is 9.56. The molecule has 0 bridgehead atoms. The van der Waals surface area contributed by atoms with Crippen LogP contribution < -0.4 is 31.6 Å². The molecule has 354 valence electrons. The fourth-order valence-electron chi connectivity index (χ4n) is 7.73. The number of rotatable bonds is 19. The number of hydrogen-bond acceptors (Lipinski definition) is 12. The molecule has 21 heteroatoms. The number of methoxy groups -OCH3 is 1. The highest BCUT2D eigenvalue weighted by Crippen LogP contribution is 2.34. The zero-order valence-electron chi connectivity index (χ0n) is 39.0. The number of nitrogens with two attached hydrogens (primary N) is 2. The third kappa shape index (κ3) is 10.6. The molecule has 7 rings (SSSR count). The molecule has 0 saturated heterocycles. The molecule has 1 fully saturated rings. The summed E-state index contributed by atoms with van der Waals surface area (Å²) in [6.45, 7) is 14.5. The van der Waals surface area contributed by atoms with Gasteiger partial charge in [0, 0.05) is 49.9 Å². The van der Waals surface area contributed by atoms with Crippen molar-refractivity contribution in [3.8, 4) is 11.5 Å². The van der Waals surface area contributed by atoms with Gasteiger partial charge < -0.3 is 39.7 Å². The first-order valence-electron chi connectivity index (χ1n) is 22.1. The van der Waals surface area contributed by atoms with E-state index in [2.05, 4.69) is 20.8 Å². The fourth-order valence-corrected chi connectivity index (χ4v) is 7.73. The van der Waals surface area contributed by atoms with E-state index in [1.807, 2.05) is 46.8 Å². The first-order chi connectivity index (χ1) is 31.9. The van der Waals surface area contributed by atoms with Crippen molar-refractivity contribution in [1.29, 1.82) is 0 Å². The molecular formula is C46H57N13O8. The van der Waals surface area contributed by atoms with Crippen LogP contribution in [0.5, 0.6) is 11.5 Å². The normalized spacial score (nSPS) is 12.8. The molecular weight excluding hydrogens is 863 g/mol. The van der Waals surface area contributed by atoms with Gasteiger partial charge in [-0.1, -0.05) is 12.2 Å². The summed E-state index contributed by atoms with van der Waals surface area (Å²) < 4.78 is 24.4. The number of ether oxygens (including phenoxy) is 3. The largest absolute Gasteiger partial charge is 0.494 e. The molecule has 2 aromatic carbocycles. The Balaban J connectivity index is 1.24. The Kier molecular flexibility index (Phi) is 13.7. The van der Waals surface area contributed by atoms with Crippen molar-refractivity contribution in [2.45, 2.75) is 106 Å². The van der Waals surface area contributed by atoms with Crippen molar-refractivity contribution in [3.05, 3.63) is 82.5 Å². The van der Waals surface area contributed by atoms with Crippen LogP contribution in [0.3, 0.4) is 0 Å². The molecule has 0 spiro atoms. The summed E-state index contributed by atoms with van der Waals surface area (Å²) in [6.07, 6.45) is 5.50. The van der Waals surface area contributed by atoms with Gasteiger partial charge in [-0.05, 0) is 104 Å². The predicted molar refractivity (Wildman–Crippen MR) is 249 cm³/mol. The number of allylic oxidation sites excluding steroid dienone is 2. The Bertz CT molecular complexity index is 2910. The van der Waals surface area contributed by atoms with Crippen molar-refractivity contribution < 1.29 is 38.2 Å². The summed E-state index contributed by atoms with van der Waals surface area (Å²) in [4.78, 5) is 76.8. The summed E-state index contributed by atoms with van der Waals surface area (Å²) in [5.41, 5.74) is 14.7. The Hall–Kier alpha value is -7.71. The lowest BCUT2D eigenvalue weighted by Crippen LogP contribution is -2.39. The molecule has 1 aliphatic carbocycles. The van der Waals surface area contributed by atoms with E-state index >= 15 is 0 Å². The first-order valence-corrected chi connectivity index (χ1v) is 22.1. The van der Waals surface area contributed by atoms with Gasteiger partial charge in [0.1, 0.15) is 39.5 Å². The van der Waals surface area contributed by atoms with Crippen molar-refractivity contribution in [3.63, 3.8) is 0 Å². The van der Waals surface area contributed by atoms with Crippen LogP contribution in [0.1, 0.15) is 107 Å². The van der Waals surface area contributed by atoms with Crippen LogP contribution in [-0.2, 0) is 30.9 Å². The van der Waals surface area contributed by atoms with Gasteiger partial charge in [-0.25, -0.2) is 14.8 Å². The minimum Gasteiger partial charge on any atom is -0.494 e. The van der Waals surface area contributed by atoms with Crippen LogP contribution in [0.2, 0.25) is 0 Å². The van der Waals surface area contributed by atoms with Gasteiger partial charge >= 0.3 is 6.09 Å². The number of primary amides is 2. The highest BCUT2D eigenvalue weighted by molar-refractivity contribution is 6.05. The highest BCUT2D eigenvalue weighted by Gasteiger charge is 2.35. The van der Waals surface area contributed by atoms with E-state index in [4.69, 9.17) is 35.6 Å². The van der Waals surface area contributed by atoms with Gasteiger partial charge in [-0.3, -0.25) is 39.2 Å². The average molecular weight is 920 g/mol. The standard InChI is InChI=1S/C46H57N13O8/c1-9-58-33(20-26(3)53-58)41(62)51-43-49-31-22-28(39(47)60)24-35(65-8)37(31)56(43)16-11-12-17-57-38-32(50-44(57)52-42(63)34-21-27(4)54-59(34)10-2)23-29(40(48)61)25-36(38)66-19-13-18-55(30-14-15-30)45(64)67-46(5,6)7/h11-12,20-25,30H,9-10,13-19H2,1-8H3,(H2,47,60)(H2,48,61)(H,49,51,62)(H,50,52,63)/b12-11+. The van der Waals surface area contributed by atoms with E-state index in [1.165, 1.54) is 31.4 Å². The van der Waals surface area contributed by atoms with E-state index in [1.54, 1.807) is 49.4 Å². The maximum Gasteiger partial charge on any atom is 0.410 e. The third-order valence-electron chi connectivity index (χ3n) is 10.9. The SMILES string of the molecule is CCn1nc(C)cc1C(=O)Nc1nc2cc(C(N)=O)cc(OC)c2n1C/C=C/Cn1c(NC(=O)c2cc(C)nn2CC)nc2cc(C(N)=O)cc(OCCCN(C(=O)OC(C)(C)C)C3CC3)c21. The fraction of sp³-hybridized carbons (Fsp3) is 0.413. The molecule has 1 saturated carbocycles. The second kappa shape index (κ2) is 19.4. The van der Waals surface area contributed by atoms with Crippen LogP contribution in [0.4, 0.5) is 16.7 Å². The van der Waals surface area contributed by atoms with Gasteiger partial charge in [0.05, 0.1) is 36.1 Å². The van der Waals surface area contributed by atoms with E-state index in [0.29, 0.717) is 76.6 Å². The number of aromatic nitrogens is 8. The minimum atomic E-state index is -0.706. The number of nitrogens with zero attached hydrogens (tertiary/aromatic N) is 9. The molecule has 1 aliphatic rings. The third-order valence-corrected chi connectivity index (χ3v) is 10.9. The maximum absolute atomic E-state index is 13.9. The second-order valence-electron chi connectivity index (χ2n) is 17.2. The molecule has 5 amide bonds. The molecule has 0 aliphatic heterocycles. The molecule has 21 nitrogen and oxygen atoms in total. The topological polar surface area (TPSA) is 264 Å². The molecule has 4 aromatic heterocycles. The number of aryl methyl sites for hydroxylation is 4. The molecule has 4 heterocycles. The van der Waals surface area contributed by atoms with E-state index in [0.717, 1.165) is 12.8 Å². The van der Waals surface area contributed by atoms with Crippen LogP contribution >= 0.6 is 0 Å². The van der Waals surface area contributed by atoms with Crippen LogP contribution in [0.25, 0.3) is 22.1 Å². The van der Waals surface area contributed by atoms with Gasteiger partial charge in [0.15, 0.2) is 0 Å². The van der Waals surface area contributed by atoms with Crippen molar-refractivity contribution in [2.24, 2.45) is 11.5 Å². The number of imidazole rings is 2. The van der Waals surface area contributed by atoms with E-state index in [-0.39, 0.29) is 60.6 Å². The van der Waals surface area contributed by atoms with E-state index in [9.17, 15) is 24.0 Å². The highest BCUT2D eigenvalue weighted by atomic mass is 16.6. The molecule has 6 aromatic rings. The number of anilines is 2. The number of benzene rings is 2. The molecule has 67 heavy (non-hydrogen) atoms. The zero-order chi connectivity index (χ0) is 48.3. The number of hydrogen-bond donors (Lipinski definition) is 4. The maximum atomic E-state index is 13.9. The summed E-state index contributed by atoms with van der Waals surface area (Å²) in [5, 5.41) is 14.7. The molecule has 0 atom stereocenters. The smallest absolute Gasteiger partial charge is 0.410 e. The molecule has 6 N–H and O–H groups in total. The van der Waals surface area contributed by atoms with Crippen LogP contribution in [0.15, 0.2) is 48.6 Å². The quantitative estimate of drug-likeness (QED) is 0.0574. The van der Waals surface area contributed by atoms with Crippen LogP contribution in [-0.4, -0.2) is 105 Å². The predicted octanol–water partition coefficient (Wildman–Crippen LogP) is 5.57. The number of carbonyl (C=O) groups excluding carboxylic acids is 5. The number of amides is 5. The zero-order valence-corrected chi connectivity index (χ0v) is 39.0. The second-order valence-corrected chi connectivity index (χ2v) is 17.2. The lowest BCUT2D eigenvalue weighted by atomic mass is 10.1. The summed E-state index contributed by atoms with van der Waals surface area (Å²) in [5.74, 6) is -1.41. The Morgan fingerprint density at radius 3 is 1.67 bits per heavy atom. The number of carbonyl (C=O) groups is 5. The minimum absolute atomic E-state index is 0.100. The monoisotopic (exact) mass is 919 g/mol. The number of nitrogens with one attached hydrogen (secondary N) is 2. The average Bonchev–Trinajstić information content (AvgIpc) is 3.58.